The number of nitrogens with one attached hydrogen (secondary N) is 1. The zero-order chi connectivity index (χ0) is 18.6. The highest BCUT2D eigenvalue weighted by Gasteiger charge is 1.91. The Morgan fingerprint density at radius 2 is 1.18 bits per heavy atom. The maximum absolute atomic E-state index is 5.83. The lowest BCUT2D eigenvalue weighted by atomic mass is 10.1. The van der Waals surface area contributed by atoms with Crippen molar-refractivity contribution in [2.45, 2.75) is 114 Å². The zero-order valence-corrected chi connectivity index (χ0v) is 17.8. The van der Waals surface area contributed by atoms with Gasteiger partial charge in [-0.25, -0.2) is 0 Å². The van der Waals surface area contributed by atoms with Crippen LogP contribution in [0.2, 0.25) is 0 Å². The highest BCUT2D eigenvalue weighted by atomic mass is 14.8. The Labute approximate surface area is 144 Å². The lowest BCUT2D eigenvalue weighted by Gasteiger charge is -2.03. The second kappa shape index (κ2) is 50.0. The fourth-order valence-corrected chi connectivity index (χ4v) is 1.35. The quantitative estimate of drug-likeness (QED) is 0.439. The monoisotopic (exact) mass is 318 g/mol. The maximum atomic E-state index is 5.83. The van der Waals surface area contributed by atoms with Gasteiger partial charge in [0.05, 0.1) is 0 Å². The third-order valence-corrected chi connectivity index (χ3v) is 2.25. The number of hydrogen-bond donors (Lipinski definition) is 2. The molecule has 0 fully saturated rings. The fourth-order valence-electron chi connectivity index (χ4n) is 1.35. The molecule has 0 aromatic rings. The van der Waals surface area contributed by atoms with Crippen LogP contribution in [0.1, 0.15) is 114 Å². The van der Waals surface area contributed by atoms with Crippen LogP contribution in [0.4, 0.5) is 0 Å². The molecule has 0 aliphatic carbocycles. The third-order valence-electron chi connectivity index (χ3n) is 2.25. The first-order chi connectivity index (χ1) is 10.8. The zero-order valence-electron chi connectivity index (χ0n) is 17.8. The van der Waals surface area contributed by atoms with Gasteiger partial charge in [0.25, 0.3) is 0 Å². The molecule has 22 heavy (non-hydrogen) atoms. The van der Waals surface area contributed by atoms with Crippen LogP contribution in [-0.2, 0) is 0 Å². The van der Waals surface area contributed by atoms with E-state index in [1.165, 1.54) is 32.1 Å². The summed E-state index contributed by atoms with van der Waals surface area (Å²) in [5, 5.41) is 3.20. The van der Waals surface area contributed by atoms with Crippen LogP contribution in [0.15, 0.2) is 11.9 Å². The fraction of sp³-hybridized carbons (Fsp3) is 0.900. The third kappa shape index (κ3) is 50.6. The number of rotatable bonds is 9. The SMILES string of the molecule is CC.CC.CC.CC.CCCCCCC/C(N)=C/NCCC. The van der Waals surface area contributed by atoms with Gasteiger partial charge >= 0.3 is 0 Å². The van der Waals surface area contributed by atoms with Crippen molar-refractivity contribution in [2.75, 3.05) is 6.54 Å². The predicted octanol–water partition coefficient (Wildman–Crippen LogP) is 7.25. The van der Waals surface area contributed by atoms with E-state index >= 15 is 0 Å². The molecule has 2 heteroatoms. The molecule has 140 valence electrons. The van der Waals surface area contributed by atoms with Crippen LogP contribution >= 0.6 is 0 Å². The summed E-state index contributed by atoms with van der Waals surface area (Å²) in [6.07, 6.45) is 10.7. The van der Waals surface area contributed by atoms with Crippen LogP contribution < -0.4 is 11.1 Å². The lowest BCUT2D eigenvalue weighted by molar-refractivity contribution is 0.627. The van der Waals surface area contributed by atoms with Gasteiger partial charge in [-0.15, -0.1) is 0 Å². The molecule has 0 aliphatic rings. The van der Waals surface area contributed by atoms with Gasteiger partial charge < -0.3 is 11.1 Å². The predicted molar refractivity (Wildman–Crippen MR) is 109 cm³/mol. The molecule has 0 saturated heterocycles. The van der Waals surface area contributed by atoms with Crippen LogP contribution in [0, 0.1) is 0 Å². The molecule has 0 aromatic heterocycles. The summed E-state index contributed by atoms with van der Waals surface area (Å²) in [5.41, 5.74) is 6.82. The van der Waals surface area contributed by atoms with Gasteiger partial charge in [0.1, 0.15) is 0 Å². The molecule has 0 amide bonds. The van der Waals surface area contributed by atoms with E-state index in [1.54, 1.807) is 0 Å². The summed E-state index contributed by atoms with van der Waals surface area (Å²) in [4.78, 5) is 0. The first kappa shape index (κ1) is 33.1. The number of unbranched alkanes of at least 4 members (excludes halogenated alkanes) is 4. The summed E-state index contributed by atoms with van der Waals surface area (Å²) in [5.74, 6) is 0. The topological polar surface area (TPSA) is 38.0 Å². The number of hydrogen-bond acceptors (Lipinski definition) is 2. The Balaban J connectivity index is -0.000000103. The van der Waals surface area contributed by atoms with E-state index in [1.807, 2.05) is 61.6 Å². The highest BCUT2D eigenvalue weighted by molar-refractivity contribution is 4.94. The molecule has 2 nitrogen and oxygen atoms in total. The highest BCUT2D eigenvalue weighted by Crippen LogP contribution is 2.07. The van der Waals surface area contributed by atoms with Crippen molar-refractivity contribution in [2.24, 2.45) is 5.73 Å². The second-order valence-corrected chi connectivity index (χ2v) is 3.84. The number of nitrogens with two attached hydrogens (primary N) is 1. The normalized spacial score (nSPS) is 8.55. The van der Waals surface area contributed by atoms with Gasteiger partial charge in [-0.05, 0) is 19.3 Å². The minimum atomic E-state index is 0.995. The summed E-state index contributed by atoms with van der Waals surface area (Å²) >= 11 is 0. The van der Waals surface area contributed by atoms with E-state index in [9.17, 15) is 0 Å². The Hall–Kier alpha value is -0.660. The van der Waals surface area contributed by atoms with Crippen molar-refractivity contribution >= 4 is 0 Å². The maximum Gasteiger partial charge on any atom is 0.0240 e. The Morgan fingerprint density at radius 1 is 0.727 bits per heavy atom. The molecule has 0 unspecified atom stereocenters. The van der Waals surface area contributed by atoms with E-state index in [0.717, 1.165) is 25.1 Å². The Bertz CT molecular complexity index is 143. The second-order valence-electron chi connectivity index (χ2n) is 3.84. The van der Waals surface area contributed by atoms with E-state index in [0.29, 0.717) is 0 Å². The van der Waals surface area contributed by atoms with Crippen molar-refractivity contribution in [3.63, 3.8) is 0 Å². The first-order valence-electron chi connectivity index (χ1n) is 9.99. The molecule has 0 saturated carbocycles. The lowest BCUT2D eigenvalue weighted by Crippen LogP contribution is -2.10. The van der Waals surface area contributed by atoms with E-state index in [2.05, 4.69) is 19.2 Å². The van der Waals surface area contributed by atoms with Gasteiger partial charge in [-0.3, -0.25) is 0 Å². The summed E-state index contributed by atoms with van der Waals surface area (Å²) in [6.45, 7) is 21.4. The minimum Gasteiger partial charge on any atom is -0.401 e. The smallest absolute Gasteiger partial charge is 0.0240 e. The molecule has 0 spiro atoms. The van der Waals surface area contributed by atoms with Crippen LogP contribution in [0.25, 0.3) is 0 Å². The molecule has 0 radical (unpaired) electrons. The van der Waals surface area contributed by atoms with Crippen molar-refractivity contribution in [3.05, 3.63) is 11.9 Å². The van der Waals surface area contributed by atoms with Crippen molar-refractivity contribution in [1.29, 1.82) is 0 Å². The Kier molecular flexibility index (Phi) is 75.1. The van der Waals surface area contributed by atoms with Gasteiger partial charge in [0.15, 0.2) is 0 Å². The van der Waals surface area contributed by atoms with E-state index in [-0.39, 0.29) is 0 Å². The van der Waals surface area contributed by atoms with Gasteiger partial charge in [-0.2, -0.15) is 0 Å². The standard InChI is InChI=1S/C12H26N2.4C2H6/c1-3-5-6-7-8-9-12(13)11-14-10-4-2;4*1-2/h11,14H,3-10,13H2,1-2H3;4*1-2H3/b12-11-;;;;. The largest absolute Gasteiger partial charge is 0.401 e. The van der Waals surface area contributed by atoms with Gasteiger partial charge in [0, 0.05) is 18.4 Å². The van der Waals surface area contributed by atoms with Gasteiger partial charge in [0.2, 0.25) is 0 Å². The average molecular weight is 319 g/mol. The average Bonchev–Trinajstić information content (AvgIpc) is 2.62. The van der Waals surface area contributed by atoms with Crippen molar-refractivity contribution < 1.29 is 0 Å². The molecule has 0 atom stereocenters. The molecule has 0 aromatic carbocycles. The van der Waals surface area contributed by atoms with Crippen LogP contribution in [0.5, 0.6) is 0 Å². The minimum absolute atomic E-state index is 0.995. The molecule has 0 rings (SSSR count). The van der Waals surface area contributed by atoms with E-state index < -0.39 is 0 Å². The van der Waals surface area contributed by atoms with Gasteiger partial charge in [-0.1, -0.05) is 94.9 Å². The van der Waals surface area contributed by atoms with Crippen molar-refractivity contribution in [1.82, 2.24) is 5.32 Å². The summed E-state index contributed by atoms with van der Waals surface area (Å²) in [6, 6.07) is 0. The summed E-state index contributed by atoms with van der Waals surface area (Å²) < 4.78 is 0. The number of allylic oxidation sites excluding steroid dienone is 1. The molecular formula is C20H50N2. The molecule has 3 N–H and O–H groups in total. The molecule has 0 heterocycles. The van der Waals surface area contributed by atoms with Crippen molar-refractivity contribution in [3.8, 4) is 0 Å². The van der Waals surface area contributed by atoms with E-state index in [4.69, 9.17) is 5.73 Å². The molecule has 0 bridgehead atoms. The molecule has 0 aliphatic heterocycles. The van der Waals surface area contributed by atoms with Crippen LogP contribution in [-0.4, -0.2) is 6.54 Å². The summed E-state index contributed by atoms with van der Waals surface area (Å²) in [7, 11) is 0. The van der Waals surface area contributed by atoms with Crippen LogP contribution in [0.3, 0.4) is 0 Å². The molecular weight excluding hydrogens is 268 g/mol. The Morgan fingerprint density at radius 3 is 1.59 bits per heavy atom. The first-order valence-corrected chi connectivity index (χ1v) is 9.99.